The molecular formula is C12H12FNOS2. The summed E-state index contributed by atoms with van der Waals surface area (Å²) in [5, 5.41) is 1.89. The van der Waals surface area contributed by atoms with Crippen molar-refractivity contribution in [2.75, 3.05) is 0 Å². The molecule has 1 aromatic heterocycles. The first kappa shape index (κ1) is 12.4. The summed E-state index contributed by atoms with van der Waals surface area (Å²) in [6, 6.07) is 8.14. The summed E-state index contributed by atoms with van der Waals surface area (Å²) in [5.74, 6) is 0.0731. The van der Waals surface area contributed by atoms with Gasteiger partial charge in [0.2, 0.25) is 0 Å². The smallest absolute Gasteiger partial charge is 0.123 e. The standard InChI is InChI=1S/C12H12FNOS2/c13-11-4-3-9(10(6-11)7-14)8-17(15)12-2-1-5-16-12/h1-6H,7-8,14H2. The van der Waals surface area contributed by atoms with Crippen LogP contribution in [0.25, 0.3) is 0 Å². The fourth-order valence-corrected chi connectivity index (χ4v) is 3.69. The van der Waals surface area contributed by atoms with E-state index >= 15 is 0 Å². The molecule has 2 N–H and O–H groups in total. The molecule has 1 unspecified atom stereocenters. The molecule has 0 fully saturated rings. The van der Waals surface area contributed by atoms with Crippen molar-refractivity contribution in [3.05, 3.63) is 52.7 Å². The molecule has 0 saturated carbocycles. The Morgan fingerprint density at radius 3 is 2.76 bits per heavy atom. The van der Waals surface area contributed by atoms with E-state index in [0.29, 0.717) is 5.75 Å². The molecule has 2 aromatic rings. The van der Waals surface area contributed by atoms with Crippen molar-refractivity contribution in [2.45, 2.75) is 16.5 Å². The van der Waals surface area contributed by atoms with E-state index in [9.17, 15) is 8.60 Å². The van der Waals surface area contributed by atoms with Crippen molar-refractivity contribution in [1.29, 1.82) is 0 Å². The lowest BCUT2D eigenvalue weighted by molar-refractivity contribution is 0.624. The minimum absolute atomic E-state index is 0.259. The van der Waals surface area contributed by atoms with Crippen molar-refractivity contribution < 1.29 is 8.60 Å². The first-order valence-corrected chi connectivity index (χ1v) is 7.30. The van der Waals surface area contributed by atoms with Crippen LogP contribution in [0.5, 0.6) is 0 Å². The van der Waals surface area contributed by atoms with Crippen LogP contribution in [0.4, 0.5) is 4.39 Å². The third kappa shape index (κ3) is 3.00. The number of thiophene rings is 1. The van der Waals surface area contributed by atoms with Crippen LogP contribution < -0.4 is 5.73 Å². The maximum absolute atomic E-state index is 13.0. The van der Waals surface area contributed by atoms with E-state index in [1.807, 2.05) is 17.5 Å². The van der Waals surface area contributed by atoms with Gasteiger partial charge >= 0.3 is 0 Å². The van der Waals surface area contributed by atoms with Gasteiger partial charge in [0.1, 0.15) is 5.82 Å². The molecule has 17 heavy (non-hydrogen) atoms. The van der Waals surface area contributed by atoms with Crippen molar-refractivity contribution >= 4 is 22.1 Å². The van der Waals surface area contributed by atoms with Gasteiger partial charge in [0.05, 0.1) is 20.8 Å². The Labute approximate surface area is 106 Å². The zero-order valence-electron chi connectivity index (χ0n) is 9.06. The molecule has 1 atom stereocenters. The monoisotopic (exact) mass is 269 g/mol. The Morgan fingerprint density at radius 1 is 1.29 bits per heavy atom. The highest BCUT2D eigenvalue weighted by atomic mass is 32.2. The van der Waals surface area contributed by atoms with Crippen molar-refractivity contribution in [3.8, 4) is 0 Å². The summed E-state index contributed by atoms with van der Waals surface area (Å²) in [4.78, 5) is 0. The number of nitrogens with two attached hydrogens (primary N) is 1. The summed E-state index contributed by atoms with van der Waals surface area (Å²) in [6.07, 6.45) is 0. The minimum Gasteiger partial charge on any atom is -0.326 e. The molecule has 90 valence electrons. The van der Waals surface area contributed by atoms with Gasteiger partial charge in [-0.3, -0.25) is 4.21 Å². The molecule has 0 radical (unpaired) electrons. The average molecular weight is 269 g/mol. The van der Waals surface area contributed by atoms with E-state index in [4.69, 9.17) is 5.73 Å². The van der Waals surface area contributed by atoms with Crippen LogP contribution in [-0.4, -0.2) is 4.21 Å². The van der Waals surface area contributed by atoms with Crippen LogP contribution in [0.1, 0.15) is 11.1 Å². The number of halogens is 1. The Hall–Kier alpha value is -1.04. The number of rotatable bonds is 4. The lowest BCUT2D eigenvalue weighted by Gasteiger charge is -2.07. The first-order valence-electron chi connectivity index (χ1n) is 5.10. The molecule has 0 aliphatic rings. The molecular weight excluding hydrogens is 257 g/mol. The third-order valence-electron chi connectivity index (χ3n) is 2.39. The van der Waals surface area contributed by atoms with Crippen LogP contribution in [0.3, 0.4) is 0 Å². The molecule has 5 heteroatoms. The maximum Gasteiger partial charge on any atom is 0.123 e. The summed E-state index contributed by atoms with van der Waals surface area (Å²) in [5.41, 5.74) is 7.12. The molecule has 1 heterocycles. The highest BCUT2D eigenvalue weighted by Crippen LogP contribution is 2.20. The summed E-state index contributed by atoms with van der Waals surface area (Å²) >= 11 is 1.46. The van der Waals surface area contributed by atoms with Crippen LogP contribution >= 0.6 is 11.3 Å². The molecule has 0 aliphatic heterocycles. The Kier molecular flexibility index (Phi) is 4.04. The second-order valence-corrected chi connectivity index (χ2v) is 6.16. The van der Waals surface area contributed by atoms with E-state index in [-0.39, 0.29) is 12.4 Å². The van der Waals surface area contributed by atoms with Gasteiger partial charge in [0.25, 0.3) is 0 Å². The quantitative estimate of drug-likeness (QED) is 0.927. The molecule has 0 aliphatic carbocycles. The SMILES string of the molecule is NCc1cc(F)ccc1CS(=O)c1cccs1. The summed E-state index contributed by atoms with van der Waals surface area (Å²) in [6.45, 7) is 0.259. The van der Waals surface area contributed by atoms with Gasteiger partial charge in [-0.15, -0.1) is 11.3 Å². The van der Waals surface area contributed by atoms with Gasteiger partial charge in [-0.05, 0) is 34.7 Å². The second kappa shape index (κ2) is 5.53. The van der Waals surface area contributed by atoms with E-state index in [0.717, 1.165) is 15.3 Å². The lowest BCUT2D eigenvalue weighted by atomic mass is 10.1. The number of hydrogen-bond acceptors (Lipinski definition) is 3. The van der Waals surface area contributed by atoms with Crippen LogP contribution in [0.2, 0.25) is 0 Å². The Balaban J connectivity index is 2.21. The molecule has 0 spiro atoms. The van der Waals surface area contributed by atoms with Gasteiger partial charge in [0.15, 0.2) is 0 Å². The van der Waals surface area contributed by atoms with Crippen LogP contribution in [-0.2, 0) is 23.1 Å². The predicted octanol–water partition coefficient (Wildman–Crippen LogP) is 2.65. The highest BCUT2D eigenvalue weighted by molar-refractivity contribution is 7.86. The maximum atomic E-state index is 13.0. The van der Waals surface area contributed by atoms with Gasteiger partial charge in [0, 0.05) is 6.54 Å². The van der Waals surface area contributed by atoms with Crippen LogP contribution in [0, 0.1) is 5.82 Å². The molecule has 2 rings (SSSR count). The van der Waals surface area contributed by atoms with Gasteiger partial charge in [-0.1, -0.05) is 12.1 Å². The Bertz CT molecular complexity index is 525. The topological polar surface area (TPSA) is 43.1 Å². The third-order valence-corrected chi connectivity index (χ3v) is 5.06. The predicted molar refractivity (Wildman–Crippen MR) is 68.7 cm³/mol. The molecule has 0 saturated heterocycles. The van der Waals surface area contributed by atoms with Gasteiger partial charge < -0.3 is 5.73 Å². The highest BCUT2D eigenvalue weighted by Gasteiger charge is 2.09. The minimum atomic E-state index is -1.08. The number of benzene rings is 1. The van der Waals surface area contributed by atoms with E-state index in [1.54, 1.807) is 6.07 Å². The fraction of sp³-hybridized carbons (Fsp3) is 0.167. The first-order chi connectivity index (χ1) is 8.20. The average Bonchev–Trinajstić information content (AvgIpc) is 2.85. The number of hydrogen-bond donors (Lipinski definition) is 1. The normalized spacial score (nSPS) is 12.6. The van der Waals surface area contributed by atoms with Crippen LogP contribution in [0.15, 0.2) is 39.9 Å². The van der Waals surface area contributed by atoms with E-state index in [2.05, 4.69) is 0 Å². The fourth-order valence-electron chi connectivity index (χ4n) is 1.53. The molecule has 2 nitrogen and oxygen atoms in total. The van der Waals surface area contributed by atoms with E-state index < -0.39 is 10.8 Å². The molecule has 0 bridgehead atoms. The summed E-state index contributed by atoms with van der Waals surface area (Å²) in [7, 11) is -1.08. The van der Waals surface area contributed by atoms with E-state index in [1.165, 1.54) is 23.5 Å². The van der Waals surface area contributed by atoms with Crippen molar-refractivity contribution in [3.63, 3.8) is 0 Å². The Morgan fingerprint density at radius 2 is 2.12 bits per heavy atom. The molecule has 0 amide bonds. The zero-order valence-corrected chi connectivity index (χ0v) is 10.7. The lowest BCUT2D eigenvalue weighted by Crippen LogP contribution is -2.04. The van der Waals surface area contributed by atoms with Gasteiger partial charge in [-0.25, -0.2) is 4.39 Å². The van der Waals surface area contributed by atoms with Crippen molar-refractivity contribution in [2.24, 2.45) is 5.73 Å². The van der Waals surface area contributed by atoms with Gasteiger partial charge in [-0.2, -0.15) is 0 Å². The second-order valence-electron chi connectivity index (χ2n) is 3.54. The zero-order chi connectivity index (χ0) is 12.3. The molecule has 1 aromatic carbocycles. The summed E-state index contributed by atoms with van der Waals surface area (Å²) < 4.78 is 25.9. The van der Waals surface area contributed by atoms with Crippen molar-refractivity contribution in [1.82, 2.24) is 0 Å². The largest absolute Gasteiger partial charge is 0.326 e.